The van der Waals surface area contributed by atoms with Crippen LogP contribution in [0.3, 0.4) is 0 Å². The zero-order valence-electron chi connectivity index (χ0n) is 14.1. The Morgan fingerprint density at radius 2 is 1.85 bits per heavy atom. The minimum Gasteiger partial charge on any atom is -0.322 e. The van der Waals surface area contributed by atoms with E-state index in [0.717, 1.165) is 16.4 Å². The fourth-order valence-corrected chi connectivity index (χ4v) is 3.41. The maximum atomic E-state index is 12.6. The molecule has 0 aliphatic heterocycles. The van der Waals surface area contributed by atoms with Gasteiger partial charge in [0, 0.05) is 16.4 Å². The molecule has 0 radical (unpaired) electrons. The van der Waals surface area contributed by atoms with Crippen LogP contribution in [0.5, 0.6) is 0 Å². The second-order valence-corrected chi connectivity index (χ2v) is 8.72. The van der Waals surface area contributed by atoms with E-state index in [-0.39, 0.29) is 10.8 Å². The number of halogens is 1. The number of benzene rings is 2. The average molecular weight is 434 g/mol. The highest BCUT2D eigenvalue weighted by Gasteiger charge is 2.16. The van der Waals surface area contributed by atoms with Gasteiger partial charge in [0.05, 0.1) is 28.0 Å². The van der Waals surface area contributed by atoms with Gasteiger partial charge in [0.2, 0.25) is 0 Å². The van der Waals surface area contributed by atoms with Crippen LogP contribution >= 0.6 is 15.9 Å². The Kier molecular flexibility index (Phi) is 4.97. The van der Waals surface area contributed by atoms with Crippen molar-refractivity contribution >= 4 is 37.4 Å². The lowest BCUT2D eigenvalue weighted by Crippen LogP contribution is -2.13. The van der Waals surface area contributed by atoms with Crippen LogP contribution in [-0.4, -0.2) is 30.4 Å². The van der Waals surface area contributed by atoms with Gasteiger partial charge in [-0.15, -0.1) is 0 Å². The topological polar surface area (TPSA) is 81.1 Å². The molecule has 1 N–H and O–H groups in total. The van der Waals surface area contributed by atoms with E-state index in [1.807, 2.05) is 24.3 Å². The van der Waals surface area contributed by atoms with E-state index in [1.165, 1.54) is 18.3 Å². The lowest BCUT2D eigenvalue weighted by atomic mass is 10.2. The van der Waals surface area contributed by atoms with E-state index >= 15 is 0 Å². The molecule has 0 unspecified atom stereocenters. The molecule has 0 bridgehead atoms. The first kappa shape index (κ1) is 18.3. The van der Waals surface area contributed by atoms with Crippen molar-refractivity contribution in [3.05, 3.63) is 70.5 Å². The average Bonchev–Trinajstić information content (AvgIpc) is 2.97. The molecule has 134 valence electrons. The number of nitrogens with one attached hydrogen (secondary N) is 1. The first-order chi connectivity index (χ1) is 12.3. The summed E-state index contributed by atoms with van der Waals surface area (Å²) in [6.45, 7) is 1.80. The summed E-state index contributed by atoms with van der Waals surface area (Å²) in [6.07, 6.45) is 2.62. The van der Waals surface area contributed by atoms with E-state index in [4.69, 9.17) is 0 Å². The van der Waals surface area contributed by atoms with Crippen molar-refractivity contribution in [2.24, 2.45) is 0 Å². The van der Waals surface area contributed by atoms with Crippen molar-refractivity contribution in [1.82, 2.24) is 9.78 Å². The van der Waals surface area contributed by atoms with Crippen molar-refractivity contribution in [1.29, 1.82) is 0 Å². The van der Waals surface area contributed by atoms with Crippen molar-refractivity contribution < 1.29 is 13.2 Å². The van der Waals surface area contributed by atoms with Crippen LogP contribution in [0.2, 0.25) is 0 Å². The molecule has 1 heterocycles. The van der Waals surface area contributed by atoms with Gasteiger partial charge < -0.3 is 5.32 Å². The van der Waals surface area contributed by atoms with Gasteiger partial charge >= 0.3 is 0 Å². The number of nitrogens with zero attached hydrogens (tertiary/aromatic N) is 2. The predicted octanol–water partition coefficient (Wildman–Crippen LogP) is 3.60. The molecule has 2 aromatic carbocycles. The summed E-state index contributed by atoms with van der Waals surface area (Å²) in [5, 5.41) is 7.00. The Labute approximate surface area is 159 Å². The summed E-state index contributed by atoms with van der Waals surface area (Å²) in [6, 6.07) is 13.7. The molecule has 6 nitrogen and oxygen atoms in total. The summed E-state index contributed by atoms with van der Waals surface area (Å²) in [4.78, 5) is 12.7. The summed E-state index contributed by atoms with van der Waals surface area (Å²) in [7, 11) is -3.34. The maximum Gasteiger partial charge on any atom is 0.259 e. The highest BCUT2D eigenvalue weighted by Crippen LogP contribution is 2.20. The molecular weight excluding hydrogens is 418 g/mol. The van der Waals surface area contributed by atoms with Gasteiger partial charge in [0.15, 0.2) is 9.84 Å². The summed E-state index contributed by atoms with van der Waals surface area (Å²) in [5.74, 6) is -0.350. The van der Waals surface area contributed by atoms with E-state index in [9.17, 15) is 13.2 Å². The first-order valence-corrected chi connectivity index (χ1v) is 10.4. The molecule has 3 aromatic rings. The maximum absolute atomic E-state index is 12.6. The van der Waals surface area contributed by atoms with Gasteiger partial charge in [-0.2, -0.15) is 5.10 Å². The van der Waals surface area contributed by atoms with Crippen LogP contribution in [0.15, 0.2) is 64.1 Å². The predicted molar refractivity (Wildman–Crippen MR) is 104 cm³/mol. The van der Waals surface area contributed by atoms with Crippen molar-refractivity contribution in [2.75, 3.05) is 11.6 Å². The van der Waals surface area contributed by atoms with Crippen LogP contribution in [0.25, 0.3) is 5.69 Å². The Morgan fingerprint density at radius 1 is 1.15 bits per heavy atom. The van der Waals surface area contributed by atoms with E-state index in [0.29, 0.717) is 16.9 Å². The minimum absolute atomic E-state index is 0.151. The minimum atomic E-state index is -3.34. The fraction of sp³-hybridized carbons (Fsp3) is 0.111. The highest BCUT2D eigenvalue weighted by atomic mass is 79.9. The second kappa shape index (κ2) is 7.05. The molecule has 8 heteroatoms. The Balaban J connectivity index is 1.87. The Morgan fingerprint density at radius 3 is 2.50 bits per heavy atom. The molecule has 0 saturated heterocycles. The van der Waals surface area contributed by atoms with Crippen molar-refractivity contribution in [3.63, 3.8) is 0 Å². The van der Waals surface area contributed by atoms with Gasteiger partial charge in [0.25, 0.3) is 5.91 Å². The van der Waals surface area contributed by atoms with E-state index < -0.39 is 9.84 Å². The van der Waals surface area contributed by atoms with Gasteiger partial charge in [-0.05, 0) is 49.4 Å². The molecule has 0 spiro atoms. The third-order valence-corrected chi connectivity index (χ3v) is 5.48. The SMILES string of the molecule is Cc1c(C(=O)Nc2cccc(S(C)(=O)=O)c2)cnn1-c1ccc(Br)cc1. The quantitative estimate of drug-likeness (QED) is 0.681. The molecule has 0 atom stereocenters. The Hall–Kier alpha value is -2.45. The largest absolute Gasteiger partial charge is 0.322 e. The van der Waals surface area contributed by atoms with Crippen LogP contribution in [0, 0.1) is 6.92 Å². The van der Waals surface area contributed by atoms with Gasteiger partial charge in [-0.1, -0.05) is 22.0 Å². The fourth-order valence-electron chi connectivity index (χ4n) is 2.48. The van der Waals surface area contributed by atoms with E-state index in [1.54, 1.807) is 23.7 Å². The number of carbonyl (C=O) groups excluding carboxylic acids is 1. The number of hydrogen-bond donors (Lipinski definition) is 1. The van der Waals surface area contributed by atoms with Gasteiger partial charge in [-0.25, -0.2) is 13.1 Å². The number of sulfone groups is 1. The molecule has 0 aliphatic rings. The number of anilines is 1. The first-order valence-electron chi connectivity index (χ1n) is 7.68. The smallest absolute Gasteiger partial charge is 0.259 e. The van der Waals surface area contributed by atoms with Gasteiger partial charge in [0.1, 0.15) is 0 Å². The third kappa shape index (κ3) is 3.86. The zero-order valence-corrected chi connectivity index (χ0v) is 16.5. The van der Waals surface area contributed by atoms with Crippen LogP contribution in [0.1, 0.15) is 16.1 Å². The highest BCUT2D eigenvalue weighted by molar-refractivity contribution is 9.10. The monoisotopic (exact) mass is 433 g/mol. The molecular formula is C18H16BrN3O3S. The van der Waals surface area contributed by atoms with Gasteiger partial charge in [-0.3, -0.25) is 4.79 Å². The third-order valence-electron chi connectivity index (χ3n) is 3.85. The molecule has 0 aliphatic carbocycles. The molecule has 0 saturated carbocycles. The zero-order chi connectivity index (χ0) is 18.9. The molecule has 0 fully saturated rings. The number of carbonyl (C=O) groups is 1. The van der Waals surface area contributed by atoms with Crippen LogP contribution < -0.4 is 5.32 Å². The second-order valence-electron chi connectivity index (χ2n) is 5.79. The van der Waals surface area contributed by atoms with Crippen molar-refractivity contribution in [2.45, 2.75) is 11.8 Å². The summed E-state index contributed by atoms with van der Waals surface area (Å²) < 4.78 is 25.9. The number of hydrogen-bond acceptors (Lipinski definition) is 4. The summed E-state index contributed by atoms with van der Waals surface area (Å²) in [5.41, 5.74) is 2.35. The van der Waals surface area contributed by atoms with Crippen molar-refractivity contribution in [3.8, 4) is 5.69 Å². The summed E-state index contributed by atoms with van der Waals surface area (Å²) >= 11 is 3.39. The normalized spacial score (nSPS) is 11.3. The van der Waals surface area contributed by atoms with Crippen LogP contribution in [0.4, 0.5) is 5.69 Å². The number of amides is 1. The number of rotatable bonds is 4. The number of aromatic nitrogens is 2. The lowest BCUT2D eigenvalue weighted by Gasteiger charge is -2.08. The standard InChI is InChI=1S/C18H16BrN3O3S/c1-12-17(11-20-22(12)15-8-6-13(19)7-9-15)18(23)21-14-4-3-5-16(10-14)26(2,24)25/h3-11H,1-2H3,(H,21,23). The molecule has 1 aromatic heterocycles. The lowest BCUT2D eigenvalue weighted by molar-refractivity contribution is 0.102. The molecule has 3 rings (SSSR count). The van der Waals surface area contributed by atoms with E-state index in [2.05, 4.69) is 26.3 Å². The van der Waals surface area contributed by atoms with Crippen LogP contribution in [-0.2, 0) is 9.84 Å². The molecule has 1 amide bonds. The molecule has 26 heavy (non-hydrogen) atoms. The Bertz CT molecular complexity index is 1070.